The van der Waals surface area contributed by atoms with Gasteiger partial charge in [0.25, 0.3) is 0 Å². The molecule has 112 valence electrons. The lowest BCUT2D eigenvalue weighted by Gasteiger charge is -2.16. The van der Waals surface area contributed by atoms with E-state index in [1.54, 1.807) is 0 Å². The molecule has 1 aliphatic rings. The van der Waals surface area contributed by atoms with Gasteiger partial charge in [-0.1, -0.05) is 11.5 Å². The van der Waals surface area contributed by atoms with Gasteiger partial charge in [0.2, 0.25) is 0 Å². The maximum absolute atomic E-state index is 13.3. The van der Waals surface area contributed by atoms with Crippen LogP contribution in [0.4, 0.5) is 17.3 Å². The molecule has 20 heavy (non-hydrogen) atoms. The normalized spacial score (nSPS) is 19.3. The summed E-state index contributed by atoms with van der Waals surface area (Å²) in [6.07, 6.45) is 3.95. The van der Waals surface area contributed by atoms with Crippen molar-refractivity contribution in [2.24, 2.45) is 0 Å². The molecule has 1 atom stereocenters. The molecule has 2 rings (SSSR count). The maximum atomic E-state index is 13.3. The van der Waals surface area contributed by atoms with Crippen LogP contribution in [0.2, 0.25) is 0 Å². The molecule has 0 amide bonds. The first kappa shape index (κ1) is 15.2. The van der Waals surface area contributed by atoms with Crippen LogP contribution >= 0.6 is 0 Å². The second kappa shape index (κ2) is 6.48. The van der Waals surface area contributed by atoms with Gasteiger partial charge in [0.05, 0.1) is 18.5 Å². The van der Waals surface area contributed by atoms with Crippen LogP contribution in [0.25, 0.3) is 0 Å². The van der Waals surface area contributed by atoms with Crippen LogP contribution in [0.1, 0.15) is 25.7 Å². The fourth-order valence-corrected chi connectivity index (χ4v) is 2.24. The Morgan fingerprint density at radius 3 is 2.70 bits per heavy atom. The van der Waals surface area contributed by atoms with E-state index in [0.29, 0.717) is 6.61 Å². The quantitative estimate of drug-likeness (QED) is 0.455. The van der Waals surface area contributed by atoms with Crippen LogP contribution in [0.15, 0.2) is 18.2 Å². The highest BCUT2D eigenvalue weighted by Gasteiger charge is 2.28. The number of halogens is 4. The molecule has 1 aromatic rings. The second-order valence-electron chi connectivity index (χ2n) is 4.88. The molecular formula is C13H16BF4O2-. The average molecular weight is 291 g/mol. The largest absolute Gasteiger partial charge is 0.512 e. The zero-order valence-electron chi connectivity index (χ0n) is 11.0. The smallest absolute Gasteiger partial charge is 0.493 e. The summed E-state index contributed by atoms with van der Waals surface area (Å²) in [7, 11) is 0. The zero-order chi connectivity index (χ0) is 14.6. The Morgan fingerprint density at radius 2 is 2.10 bits per heavy atom. The molecule has 0 N–H and O–H groups in total. The van der Waals surface area contributed by atoms with E-state index >= 15 is 0 Å². The van der Waals surface area contributed by atoms with E-state index in [4.69, 9.17) is 9.47 Å². The van der Waals surface area contributed by atoms with Crippen LogP contribution < -0.4 is 10.2 Å². The SMILES string of the molecule is Fc1cc(OCCCC2CCCO2)ccc1[B-](F)(F)F. The predicted octanol–water partition coefficient (Wildman–Crippen LogP) is 3.22. The zero-order valence-corrected chi connectivity index (χ0v) is 11.0. The van der Waals surface area contributed by atoms with E-state index in [1.165, 1.54) is 0 Å². The van der Waals surface area contributed by atoms with Crippen molar-refractivity contribution in [2.75, 3.05) is 13.2 Å². The Kier molecular flexibility index (Phi) is 4.91. The summed E-state index contributed by atoms with van der Waals surface area (Å²) >= 11 is 0. The van der Waals surface area contributed by atoms with E-state index in [2.05, 4.69) is 0 Å². The molecule has 0 saturated carbocycles. The fourth-order valence-electron chi connectivity index (χ4n) is 2.24. The molecule has 0 aromatic heterocycles. The van der Waals surface area contributed by atoms with Crippen LogP contribution in [0, 0.1) is 5.82 Å². The van der Waals surface area contributed by atoms with Crippen molar-refractivity contribution in [1.29, 1.82) is 0 Å². The molecule has 0 spiro atoms. The Labute approximate surface area is 115 Å². The third-order valence-electron chi connectivity index (χ3n) is 3.29. The van der Waals surface area contributed by atoms with Crippen LogP contribution in [0.5, 0.6) is 5.75 Å². The van der Waals surface area contributed by atoms with Gasteiger partial charge in [-0.25, -0.2) is 4.39 Å². The van der Waals surface area contributed by atoms with Crippen molar-refractivity contribution in [1.82, 2.24) is 0 Å². The van der Waals surface area contributed by atoms with Crippen LogP contribution in [-0.4, -0.2) is 26.3 Å². The Balaban J connectivity index is 1.80. The molecule has 1 aromatic carbocycles. The maximum Gasteiger partial charge on any atom is 0.512 e. The molecule has 1 fully saturated rings. The molecule has 1 unspecified atom stereocenters. The minimum absolute atomic E-state index is 0.124. The van der Waals surface area contributed by atoms with Crippen molar-refractivity contribution in [2.45, 2.75) is 31.8 Å². The Morgan fingerprint density at radius 1 is 1.30 bits per heavy atom. The number of benzene rings is 1. The van der Waals surface area contributed by atoms with Crippen LogP contribution in [0.3, 0.4) is 0 Å². The second-order valence-corrected chi connectivity index (χ2v) is 4.88. The Bertz CT molecular complexity index is 444. The number of rotatable bonds is 6. The molecular weight excluding hydrogens is 275 g/mol. The van der Waals surface area contributed by atoms with Gasteiger partial charge >= 0.3 is 6.98 Å². The monoisotopic (exact) mass is 291 g/mol. The molecule has 0 radical (unpaired) electrons. The fraction of sp³-hybridized carbons (Fsp3) is 0.538. The summed E-state index contributed by atoms with van der Waals surface area (Å²) in [6, 6.07) is 2.67. The summed E-state index contributed by atoms with van der Waals surface area (Å²) in [5.74, 6) is -1.16. The first-order valence-corrected chi connectivity index (χ1v) is 6.70. The molecule has 0 aliphatic carbocycles. The first-order valence-electron chi connectivity index (χ1n) is 6.70. The summed E-state index contributed by atoms with van der Waals surface area (Å²) in [4.78, 5) is 0. The molecule has 2 nitrogen and oxygen atoms in total. The van der Waals surface area contributed by atoms with E-state index in [0.717, 1.165) is 50.5 Å². The van der Waals surface area contributed by atoms with Gasteiger partial charge in [0, 0.05) is 12.7 Å². The van der Waals surface area contributed by atoms with Crippen molar-refractivity contribution in [3.8, 4) is 5.75 Å². The molecule has 7 heteroatoms. The summed E-state index contributed by atoms with van der Waals surface area (Å²) in [5, 5.41) is 0. The lowest BCUT2D eigenvalue weighted by atomic mass is 9.80. The number of hydrogen-bond acceptors (Lipinski definition) is 2. The topological polar surface area (TPSA) is 18.5 Å². The van der Waals surface area contributed by atoms with Gasteiger partial charge in [0.15, 0.2) is 0 Å². The third kappa shape index (κ3) is 4.13. The number of hydrogen-bond donors (Lipinski definition) is 0. The van der Waals surface area contributed by atoms with Gasteiger partial charge in [-0.2, -0.15) is 0 Å². The number of ether oxygens (including phenoxy) is 2. The lowest BCUT2D eigenvalue weighted by molar-refractivity contribution is 0.0981. The molecule has 0 bridgehead atoms. The van der Waals surface area contributed by atoms with Gasteiger partial charge in [0.1, 0.15) is 5.75 Å². The highest BCUT2D eigenvalue weighted by atomic mass is 19.4. The molecule has 1 heterocycles. The predicted molar refractivity (Wildman–Crippen MR) is 68.8 cm³/mol. The summed E-state index contributed by atoms with van der Waals surface area (Å²) in [6.45, 7) is -4.19. The van der Waals surface area contributed by atoms with Crippen molar-refractivity contribution < 1.29 is 26.8 Å². The highest BCUT2D eigenvalue weighted by molar-refractivity contribution is 6.73. The molecule has 1 saturated heterocycles. The Hall–Kier alpha value is -1.24. The highest BCUT2D eigenvalue weighted by Crippen LogP contribution is 2.19. The van der Waals surface area contributed by atoms with Crippen molar-refractivity contribution in [3.05, 3.63) is 24.0 Å². The van der Waals surface area contributed by atoms with Gasteiger partial charge < -0.3 is 22.4 Å². The average Bonchev–Trinajstić information content (AvgIpc) is 2.86. The van der Waals surface area contributed by atoms with Crippen LogP contribution in [-0.2, 0) is 4.74 Å². The minimum Gasteiger partial charge on any atom is -0.493 e. The van der Waals surface area contributed by atoms with E-state index in [-0.39, 0.29) is 11.9 Å². The van der Waals surface area contributed by atoms with Gasteiger partial charge in [-0.15, -0.1) is 0 Å². The van der Waals surface area contributed by atoms with Gasteiger partial charge in [-0.3, -0.25) is 0 Å². The first-order chi connectivity index (χ1) is 9.47. The van der Waals surface area contributed by atoms with E-state index in [1.807, 2.05) is 0 Å². The van der Waals surface area contributed by atoms with Crippen molar-refractivity contribution >= 4 is 12.4 Å². The summed E-state index contributed by atoms with van der Waals surface area (Å²) < 4.78 is 61.3. The molecule has 1 aliphatic heterocycles. The standard InChI is InChI=1S/C13H16BF4O2/c15-13-9-11(5-6-12(13)14(16,17)18)20-8-2-4-10-3-1-7-19-10/h5-6,9-10H,1-4,7-8H2/q-1. The van der Waals surface area contributed by atoms with Crippen molar-refractivity contribution in [3.63, 3.8) is 0 Å². The minimum atomic E-state index is -5.32. The third-order valence-corrected chi connectivity index (χ3v) is 3.29. The summed E-state index contributed by atoms with van der Waals surface area (Å²) in [5.41, 5.74) is -1.21. The van der Waals surface area contributed by atoms with E-state index < -0.39 is 18.3 Å². The van der Waals surface area contributed by atoms with E-state index in [9.17, 15) is 17.3 Å². The lowest BCUT2D eigenvalue weighted by Crippen LogP contribution is -2.36. The van der Waals surface area contributed by atoms with Gasteiger partial charge in [-0.05, 0) is 31.7 Å².